The monoisotopic (exact) mass is 1800 g/mol. The molecule has 0 radical (unpaired) electrons. The van der Waals surface area contributed by atoms with E-state index in [1.165, 1.54) is 100 Å². The number of Topliss-reactive ketones (excluding diaryl/α,β-unsaturated/α-hetero) is 1. The predicted octanol–water partition coefficient (Wildman–Crippen LogP) is 15.7. The molecular weight excluding hydrogens is 1690 g/mol. The van der Waals surface area contributed by atoms with Gasteiger partial charge in [0, 0.05) is 63.8 Å². The number of hydrogen-bond donors (Lipinski definition) is 9. The number of aromatic hydroxyl groups is 8. The second-order valence-corrected chi connectivity index (χ2v) is 41.0. The van der Waals surface area contributed by atoms with Gasteiger partial charge in [0.2, 0.25) is 0 Å². The van der Waals surface area contributed by atoms with E-state index in [0.717, 1.165) is 51.3 Å². The molecule has 10 aromatic rings. The minimum atomic E-state index is -2.13. The zero-order valence-electron chi connectivity index (χ0n) is 70.5. The number of hydrogen-bond acceptors (Lipinski definition) is 20. The normalized spacial score (nSPS) is 13.8. The summed E-state index contributed by atoms with van der Waals surface area (Å²) in [7, 11) is 8.92. The van der Waals surface area contributed by atoms with Crippen LogP contribution in [0, 0.1) is 11.8 Å². The molecule has 22 nitrogen and oxygen atoms in total. The summed E-state index contributed by atoms with van der Waals surface area (Å²) in [5, 5.41) is 88.4. The number of benzene rings is 9. The quantitative estimate of drug-likeness (QED) is 0.0108. The average Bonchev–Trinajstić information content (AvgIpc) is 1.72. The number of carboxylic acid groups (broad SMARTS) is 1. The number of pyridine rings is 1. The van der Waals surface area contributed by atoms with Crippen molar-refractivity contribution in [1.82, 2.24) is 9.88 Å². The molecule has 2 aliphatic rings. The number of carbonyl (C=O) groups excluding carboxylic acids is 4. The van der Waals surface area contributed by atoms with E-state index in [1.807, 2.05) is 139 Å². The van der Waals surface area contributed by atoms with Gasteiger partial charge in [0.05, 0.1) is 27.2 Å². The van der Waals surface area contributed by atoms with Crippen LogP contribution in [0.25, 0.3) is 44.5 Å². The second kappa shape index (κ2) is 53.4. The molecule has 1 aromatic heterocycles. The third-order valence-electron chi connectivity index (χ3n) is 16.4. The van der Waals surface area contributed by atoms with Gasteiger partial charge in [-0.15, -0.1) is 0 Å². The van der Waals surface area contributed by atoms with Crippen LogP contribution in [0.5, 0.6) is 63.2 Å². The topological polar surface area (TPSA) is 363 Å². The van der Waals surface area contributed by atoms with Gasteiger partial charge >= 0.3 is 35.5 Å². The number of fused-ring (bicyclic) bond motifs is 6. The summed E-state index contributed by atoms with van der Waals surface area (Å²) in [6, 6.07) is 48.6. The van der Waals surface area contributed by atoms with Crippen molar-refractivity contribution in [1.29, 1.82) is 0 Å². The molecule has 9 aromatic carbocycles. The minimum absolute atomic E-state index is 0. The van der Waals surface area contributed by atoms with Gasteiger partial charge in [-0.2, -0.15) is 0 Å². The SMILES string of the molecule is C=CC(C)=O.CC.CC(=O)/C=C/c1ccc(O)cc1.CCN(CC)CC.CN(C)c1ccncc1.COc1ccc(/C=C/C(C)=O)cc1.COc1ccc(C2CC2C(=O)O)cc1.COc1ccc(C2CC2C(C)=O)cc1.CS(C)(C)(=O)I.O.Oc1cc2c3cc(O)c(O)cc3c3cc(O)c(O)cc3c2cc1O.Oc1ccc(Br)cc1.[H-].[Na+]. The molecule has 0 saturated heterocycles. The number of nitrogens with zero attached hydrogens (tertiary/aromatic N) is 3. The molecule has 2 aliphatic carbocycles. The number of anilines is 1. The maximum absolute atomic E-state index is 11.1. The van der Waals surface area contributed by atoms with Crippen LogP contribution in [0.2, 0.25) is 0 Å². The molecule has 12 rings (SSSR count). The van der Waals surface area contributed by atoms with Crippen molar-refractivity contribution in [3.05, 3.63) is 234 Å². The summed E-state index contributed by atoms with van der Waals surface area (Å²) in [4.78, 5) is 60.9. The number of ether oxygens (including phenoxy) is 3. The van der Waals surface area contributed by atoms with Crippen LogP contribution in [0.15, 0.2) is 212 Å². The number of rotatable bonds is 16. The molecule has 0 spiro atoms. The Morgan fingerprint density at radius 1 is 0.509 bits per heavy atom. The molecule has 4 atom stereocenters. The first kappa shape index (κ1) is 106. The zero-order chi connectivity index (χ0) is 86.2. The van der Waals surface area contributed by atoms with Gasteiger partial charge in [0.1, 0.15) is 34.5 Å². The summed E-state index contributed by atoms with van der Waals surface area (Å²) < 4.78 is 26.9. The minimum Gasteiger partial charge on any atom is -1.00 e. The number of allylic oxidation sites excluding steroid dienone is 3. The van der Waals surface area contributed by atoms with Gasteiger partial charge in [-0.3, -0.25) is 33.2 Å². The van der Waals surface area contributed by atoms with E-state index in [9.17, 15) is 58.8 Å². The molecule has 11 N–H and O–H groups in total. The smallest absolute Gasteiger partial charge is 1.00 e. The van der Waals surface area contributed by atoms with Gasteiger partial charge in [-0.1, -0.05) is 124 Å². The van der Waals surface area contributed by atoms with Gasteiger partial charge in [0.15, 0.2) is 51.8 Å². The van der Waals surface area contributed by atoms with Crippen LogP contribution in [0.3, 0.4) is 0 Å². The van der Waals surface area contributed by atoms with E-state index in [0.29, 0.717) is 49.8 Å². The van der Waals surface area contributed by atoms with Crippen molar-refractivity contribution >= 4 is 123 Å². The van der Waals surface area contributed by atoms with E-state index in [1.54, 1.807) is 126 Å². The van der Waals surface area contributed by atoms with E-state index < -0.39 is 12.2 Å². The number of halogens is 2. The third kappa shape index (κ3) is 41.1. The number of phenols is 8. The van der Waals surface area contributed by atoms with Crippen molar-refractivity contribution in [2.45, 2.75) is 87.0 Å². The summed E-state index contributed by atoms with van der Waals surface area (Å²) in [5.41, 5.74) is 5.44. The standard InChI is InChI=1S/C18H12O6.C12H14O2.C11H12O3.C11H12O2.C10H10O2.C7H10N2.C6H5BrO.C6H15N.C4H6O.C3H9IOS.C2H6.Na.H2O.H/c19-13-1-7-8(2-14(13)20)10-4-17(23)18(24)6-12(10)11-5-16(22)15(21)3-9(7)11;1-8(13)11-7-12(11)9-3-5-10(14-2)6-4-9;1-14-8-4-2-7(3-5-8)9-6-10(9)11(12)13;1-9(12)3-4-10-5-7-11(13-2)8-6-10;1-8(11)2-3-9-4-6-10(12)7-5-9;1-9(2)7-3-5-8-6-4-7;7-5-1-3-6(8)4-2-5;1-4-7(5-2)6-3;1-3-4(2)5;1-6(2,3,4)5;1-2;;;/h1-6,19-24H;3-6,11-12H,7H2,1-2H3;2-5,9-10H,6H2,1H3,(H,12,13);3-8H,1-2H3;2-7,12H,1H3;3-6H,1-2H3;1-4,8H;4-6H2,1-3H3;3H,1H2,2H3;1-3H3;1-2H3;;1H2;/q;;;;;;;;;;;+1;;-1/b;;;4-3+;3-2+;;;;;;;;;. The van der Waals surface area contributed by atoms with Crippen LogP contribution < -0.4 is 48.7 Å². The van der Waals surface area contributed by atoms with E-state index in [-0.39, 0.29) is 112 Å². The molecule has 2 fully saturated rings. The Morgan fingerprint density at radius 3 is 0.983 bits per heavy atom. The number of aliphatic carboxylic acids is 1. The average molecular weight is 1800 g/mol. The third-order valence-corrected chi connectivity index (χ3v) is 16.9. The molecule has 2 saturated carbocycles. The number of aromatic nitrogens is 1. The fourth-order valence-electron chi connectivity index (χ4n) is 10.1. The Bertz CT molecular complexity index is 4450. The number of carbonyl (C=O) groups is 5. The molecule has 1 heterocycles. The summed E-state index contributed by atoms with van der Waals surface area (Å²) in [6.45, 7) is 23.5. The molecule has 26 heteroatoms. The first-order valence-electron chi connectivity index (χ1n) is 36.3. The second-order valence-electron chi connectivity index (χ2n) is 26.6. The van der Waals surface area contributed by atoms with Crippen molar-refractivity contribution in [2.24, 2.45) is 11.8 Å². The van der Waals surface area contributed by atoms with Crippen LogP contribution >= 0.6 is 37.1 Å². The number of phenolic OH excluding ortho intramolecular Hbond substituents is 8. The van der Waals surface area contributed by atoms with Crippen LogP contribution in [0.1, 0.15) is 111 Å². The van der Waals surface area contributed by atoms with Crippen LogP contribution in [-0.4, -0.2) is 168 Å². The van der Waals surface area contributed by atoms with E-state index in [4.69, 9.17) is 29.5 Å². The Morgan fingerprint density at radius 2 is 0.776 bits per heavy atom. The Hall–Kier alpha value is -9.84. The van der Waals surface area contributed by atoms with Crippen molar-refractivity contribution < 1.29 is 125 Å². The van der Waals surface area contributed by atoms with Crippen LogP contribution in [0.4, 0.5) is 5.69 Å². The molecule has 0 amide bonds. The Labute approximate surface area is 726 Å². The number of methoxy groups -OCH3 is 3. The van der Waals surface area contributed by atoms with E-state index in [2.05, 4.69) is 53.2 Å². The molecule has 0 bridgehead atoms. The zero-order valence-corrected chi connectivity index (χ0v) is 76.0. The summed E-state index contributed by atoms with van der Waals surface area (Å²) >= 11 is 5.20. The van der Waals surface area contributed by atoms with E-state index >= 15 is 0 Å². The Balaban J connectivity index is 0. The predicted molar refractivity (Wildman–Crippen MR) is 480 cm³/mol. The van der Waals surface area contributed by atoms with Gasteiger partial charge in [-0.05, 0) is 285 Å². The largest absolute Gasteiger partial charge is 1.00 e. The van der Waals surface area contributed by atoms with Gasteiger partial charge in [-0.25, -0.2) is 0 Å². The number of ketones is 4. The van der Waals surface area contributed by atoms with Crippen molar-refractivity contribution in [2.75, 3.05) is 78.7 Å². The molecule has 0 aliphatic heterocycles. The van der Waals surface area contributed by atoms with Gasteiger partial charge in [0.25, 0.3) is 0 Å². The fraction of sp³-hybridized carbons (Fsp3) is 0.289. The van der Waals surface area contributed by atoms with Crippen LogP contribution in [-0.2, 0) is 30.2 Å². The maximum Gasteiger partial charge on any atom is 1.00 e. The Kier molecular flexibility index (Phi) is 48.9. The maximum atomic E-state index is 11.1. The molecule has 116 heavy (non-hydrogen) atoms. The van der Waals surface area contributed by atoms with Gasteiger partial charge < -0.3 is 76.9 Å². The van der Waals surface area contributed by atoms with Crippen molar-refractivity contribution in [3.8, 4) is 63.2 Å². The summed E-state index contributed by atoms with van der Waals surface area (Å²) in [5.74, 6) is 1.48. The molecule has 4 unspecified atom stereocenters. The molecule has 624 valence electrons. The van der Waals surface area contributed by atoms with Crippen molar-refractivity contribution in [3.63, 3.8) is 0 Å². The first-order chi connectivity index (χ1) is 53.6. The fourth-order valence-corrected chi connectivity index (χ4v) is 10.4. The first-order valence-corrected chi connectivity index (χ1v) is 42.9. The molecular formula is C90H114BrIN3NaO19S. The number of carboxylic acids is 1. The summed E-state index contributed by atoms with van der Waals surface area (Å²) in [6.07, 6.45) is 16.3.